The van der Waals surface area contributed by atoms with Gasteiger partial charge >= 0.3 is 5.97 Å². The molecule has 0 amide bonds. The maximum absolute atomic E-state index is 12.7. The number of nitrogens with zero attached hydrogens (tertiary/aromatic N) is 3. The first-order chi connectivity index (χ1) is 16.8. The lowest BCUT2D eigenvalue weighted by Gasteiger charge is -2.20. The monoisotopic (exact) mass is 471 g/mol. The van der Waals surface area contributed by atoms with Gasteiger partial charge in [-0.3, -0.25) is 0 Å². The Morgan fingerprint density at radius 3 is 2.40 bits per heavy atom. The van der Waals surface area contributed by atoms with Gasteiger partial charge in [-0.2, -0.15) is 5.10 Å². The topological polar surface area (TPSA) is 81.1 Å². The van der Waals surface area contributed by atoms with Crippen LogP contribution < -0.4 is 10.6 Å². The minimum atomic E-state index is -0.446. The third-order valence-corrected chi connectivity index (χ3v) is 5.60. The molecule has 4 rings (SSSR count). The molecule has 0 bridgehead atoms. The molecule has 35 heavy (non-hydrogen) atoms. The van der Waals surface area contributed by atoms with Crippen molar-refractivity contribution in [2.75, 3.05) is 25.0 Å². The highest BCUT2D eigenvalue weighted by Crippen LogP contribution is 2.33. The van der Waals surface area contributed by atoms with Crippen LogP contribution in [0.3, 0.4) is 0 Å². The third-order valence-electron chi connectivity index (χ3n) is 5.60. The summed E-state index contributed by atoms with van der Waals surface area (Å²) in [5.41, 5.74) is 5.64. The fourth-order valence-electron chi connectivity index (χ4n) is 3.99. The summed E-state index contributed by atoms with van der Waals surface area (Å²) in [5.74, 6) is -0.446. The number of pyridine rings is 1. The molecule has 4 aromatic rings. The summed E-state index contributed by atoms with van der Waals surface area (Å²) < 4.78 is 7.06. The standard InChI is InChI=1S/C28H33N5O2/c1-6-35-27(34)24-18-23(20-12-14-21(15-13-20)29-16-17-30-28(3,4)5)25-19(2)32-33(26(25)31-24)22-10-8-7-9-11-22/h7-15,18,29-30H,6,16-17H2,1-5H3. The second-order valence-corrected chi connectivity index (χ2v) is 9.49. The number of nitrogens with one attached hydrogen (secondary N) is 2. The molecule has 2 heterocycles. The van der Waals surface area contributed by atoms with Crippen LogP contribution in [0.5, 0.6) is 0 Å². The lowest BCUT2D eigenvalue weighted by molar-refractivity contribution is 0.0520. The number of ether oxygens (including phenoxy) is 1. The van der Waals surface area contributed by atoms with Gasteiger partial charge < -0.3 is 15.4 Å². The van der Waals surface area contributed by atoms with E-state index in [4.69, 9.17) is 9.84 Å². The number of hydrogen-bond acceptors (Lipinski definition) is 6. The van der Waals surface area contributed by atoms with E-state index < -0.39 is 5.97 Å². The molecular weight excluding hydrogens is 438 g/mol. The van der Waals surface area contributed by atoms with E-state index in [2.05, 4.69) is 60.7 Å². The van der Waals surface area contributed by atoms with Crippen LogP contribution in [0.25, 0.3) is 27.8 Å². The Morgan fingerprint density at radius 2 is 1.74 bits per heavy atom. The summed E-state index contributed by atoms with van der Waals surface area (Å²) in [6.45, 7) is 12.2. The highest BCUT2D eigenvalue weighted by Gasteiger charge is 2.20. The molecule has 0 fully saturated rings. The average Bonchev–Trinajstić information content (AvgIpc) is 3.18. The van der Waals surface area contributed by atoms with Crippen LogP contribution in [0.2, 0.25) is 0 Å². The Labute approximate surface area is 206 Å². The van der Waals surface area contributed by atoms with Gasteiger partial charge in [-0.1, -0.05) is 30.3 Å². The number of benzene rings is 2. The van der Waals surface area contributed by atoms with Gasteiger partial charge in [0.25, 0.3) is 0 Å². The molecule has 0 aliphatic rings. The predicted molar refractivity (Wildman–Crippen MR) is 141 cm³/mol. The zero-order chi connectivity index (χ0) is 25.0. The van der Waals surface area contributed by atoms with Crippen LogP contribution >= 0.6 is 0 Å². The van der Waals surface area contributed by atoms with E-state index in [1.54, 1.807) is 17.7 Å². The molecule has 2 aromatic heterocycles. The Balaban J connectivity index is 1.72. The van der Waals surface area contributed by atoms with E-state index in [9.17, 15) is 4.79 Å². The van der Waals surface area contributed by atoms with Crippen molar-refractivity contribution in [3.63, 3.8) is 0 Å². The van der Waals surface area contributed by atoms with Gasteiger partial charge in [0.05, 0.1) is 23.4 Å². The van der Waals surface area contributed by atoms with E-state index in [1.165, 1.54) is 0 Å². The summed E-state index contributed by atoms with van der Waals surface area (Å²) in [6.07, 6.45) is 0. The quantitative estimate of drug-likeness (QED) is 0.266. The summed E-state index contributed by atoms with van der Waals surface area (Å²) in [4.78, 5) is 17.3. The van der Waals surface area contributed by atoms with E-state index in [1.807, 2.05) is 37.3 Å². The molecule has 0 aliphatic carbocycles. The Bertz CT molecular complexity index is 1310. The molecule has 0 saturated heterocycles. The van der Waals surface area contributed by atoms with E-state index >= 15 is 0 Å². The molecule has 2 aromatic carbocycles. The van der Waals surface area contributed by atoms with Crippen molar-refractivity contribution in [3.05, 3.63) is 72.1 Å². The third kappa shape index (κ3) is 5.69. The van der Waals surface area contributed by atoms with Crippen LogP contribution in [0.15, 0.2) is 60.7 Å². The highest BCUT2D eigenvalue weighted by atomic mass is 16.5. The van der Waals surface area contributed by atoms with Crippen LogP contribution in [-0.4, -0.2) is 46.0 Å². The first kappa shape index (κ1) is 24.4. The van der Waals surface area contributed by atoms with E-state index in [0.717, 1.165) is 46.7 Å². The average molecular weight is 472 g/mol. The minimum absolute atomic E-state index is 0.0942. The molecule has 2 N–H and O–H groups in total. The number of hydrogen-bond donors (Lipinski definition) is 2. The molecule has 7 nitrogen and oxygen atoms in total. The summed E-state index contributed by atoms with van der Waals surface area (Å²) >= 11 is 0. The SMILES string of the molecule is CCOC(=O)c1cc(-c2ccc(NCCNC(C)(C)C)cc2)c2c(C)nn(-c3ccccc3)c2n1. The number of aryl methyl sites for hydroxylation is 1. The van der Waals surface area contributed by atoms with Gasteiger partial charge in [-0.25, -0.2) is 14.5 Å². The fourth-order valence-corrected chi connectivity index (χ4v) is 3.99. The first-order valence-corrected chi connectivity index (χ1v) is 12.0. The van der Waals surface area contributed by atoms with Gasteiger partial charge in [0, 0.05) is 24.3 Å². The molecule has 0 spiro atoms. The normalized spacial score (nSPS) is 11.6. The number of para-hydroxylation sites is 1. The van der Waals surface area contributed by atoms with Crippen molar-refractivity contribution in [1.82, 2.24) is 20.1 Å². The molecule has 182 valence electrons. The number of fused-ring (bicyclic) bond motifs is 1. The van der Waals surface area contributed by atoms with Crippen LogP contribution in [0, 0.1) is 6.92 Å². The lowest BCUT2D eigenvalue weighted by Crippen LogP contribution is -2.38. The zero-order valence-corrected chi connectivity index (χ0v) is 21.1. The smallest absolute Gasteiger partial charge is 0.357 e. The van der Waals surface area contributed by atoms with E-state index in [0.29, 0.717) is 5.65 Å². The highest BCUT2D eigenvalue weighted by molar-refractivity contribution is 6.00. The lowest BCUT2D eigenvalue weighted by atomic mass is 10.0. The first-order valence-electron chi connectivity index (χ1n) is 12.0. The zero-order valence-electron chi connectivity index (χ0n) is 21.1. The maximum Gasteiger partial charge on any atom is 0.357 e. The van der Waals surface area contributed by atoms with E-state index in [-0.39, 0.29) is 17.8 Å². The molecule has 0 radical (unpaired) electrons. The summed E-state index contributed by atoms with van der Waals surface area (Å²) in [6, 6.07) is 19.8. The summed E-state index contributed by atoms with van der Waals surface area (Å²) in [7, 11) is 0. The number of anilines is 1. The number of esters is 1. The number of carbonyl (C=O) groups is 1. The van der Waals surface area contributed by atoms with Gasteiger partial charge in [0.1, 0.15) is 0 Å². The number of aromatic nitrogens is 3. The number of rotatable bonds is 8. The predicted octanol–water partition coefficient (Wildman–Crippen LogP) is 5.37. The number of carbonyl (C=O) groups excluding carboxylic acids is 1. The molecule has 7 heteroatoms. The van der Waals surface area contributed by atoms with Crippen molar-refractivity contribution in [2.24, 2.45) is 0 Å². The largest absolute Gasteiger partial charge is 0.461 e. The summed E-state index contributed by atoms with van der Waals surface area (Å²) in [5, 5.41) is 12.6. The van der Waals surface area contributed by atoms with Crippen LogP contribution in [-0.2, 0) is 4.74 Å². The second kappa shape index (κ2) is 10.3. The van der Waals surface area contributed by atoms with Crippen molar-refractivity contribution in [1.29, 1.82) is 0 Å². The molecular formula is C28H33N5O2. The van der Waals surface area contributed by atoms with Gasteiger partial charge in [0.15, 0.2) is 11.3 Å². The van der Waals surface area contributed by atoms with Gasteiger partial charge in [-0.05, 0) is 76.1 Å². The maximum atomic E-state index is 12.7. The Morgan fingerprint density at radius 1 is 1.03 bits per heavy atom. The Hall–Kier alpha value is -3.71. The molecule has 0 atom stereocenters. The van der Waals surface area contributed by atoms with Crippen molar-refractivity contribution >= 4 is 22.7 Å². The Kier molecular flexibility index (Phi) is 7.17. The fraction of sp³-hybridized carbons (Fsp3) is 0.321. The molecule has 0 saturated carbocycles. The van der Waals surface area contributed by atoms with Crippen molar-refractivity contribution < 1.29 is 9.53 Å². The van der Waals surface area contributed by atoms with Crippen LogP contribution in [0.1, 0.15) is 43.9 Å². The van der Waals surface area contributed by atoms with Crippen molar-refractivity contribution in [3.8, 4) is 16.8 Å². The van der Waals surface area contributed by atoms with Gasteiger partial charge in [-0.15, -0.1) is 0 Å². The second-order valence-electron chi connectivity index (χ2n) is 9.49. The van der Waals surface area contributed by atoms with Crippen LogP contribution in [0.4, 0.5) is 5.69 Å². The van der Waals surface area contributed by atoms with Crippen molar-refractivity contribution in [2.45, 2.75) is 40.2 Å². The minimum Gasteiger partial charge on any atom is -0.461 e. The van der Waals surface area contributed by atoms with Gasteiger partial charge in [0.2, 0.25) is 0 Å². The molecule has 0 aliphatic heterocycles. The molecule has 0 unspecified atom stereocenters.